The number of carbonyl (C=O) groups is 3. The van der Waals surface area contributed by atoms with Gasteiger partial charge in [0, 0.05) is 16.5 Å². The molecule has 1 saturated heterocycles. The number of H-pyrrole nitrogens is 1. The van der Waals surface area contributed by atoms with Gasteiger partial charge in [0.2, 0.25) is 11.8 Å². The molecule has 3 amide bonds. The van der Waals surface area contributed by atoms with Crippen LogP contribution in [0.5, 0.6) is 5.75 Å². The quantitative estimate of drug-likeness (QED) is 0.271. The second kappa shape index (κ2) is 11.0. The number of aromatic nitrogens is 1. The smallest absolute Gasteiger partial charge is 0.416 e. The molecular formula is C30H22F3N3O5S2. The summed E-state index contributed by atoms with van der Waals surface area (Å²) in [7, 11) is 0. The Morgan fingerprint density at radius 2 is 1.72 bits per heavy atom. The number of aryl methyl sites for hydroxylation is 1. The SMILES string of the molecule is Cc1ccc(N2C(=O)[C@H]3[C@H](c4ccc(OCC(=O)Nc5cccc(C(F)(F)F)c5)cc4)c4sc(=O)[nH]c4S[C@H]3C2=O)cc1. The molecule has 0 radical (unpaired) electrons. The van der Waals surface area contributed by atoms with Gasteiger partial charge in [-0.05, 0) is 55.0 Å². The second-order valence-electron chi connectivity index (χ2n) is 10.1. The topological polar surface area (TPSA) is 109 Å². The lowest BCUT2D eigenvalue weighted by molar-refractivity contribution is -0.137. The van der Waals surface area contributed by atoms with Gasteiger partial charge in [-0.1, -0.05) is 59.0 Å². The Morgan fingerprint density at radius 1 is 1.00 bits per heavy atom. The fraction of sp³-hybridized carbons (Fsp3) is 0.200. The highest BCUT2D eigenvalue weighted by atomic mass is 32.2. The van der Waals surface area contributed by atoms with E-state index in [0.717, 1.165) is 29.0 Å². The summed E-state index contributed by atoms with van der Waals surface area (Å²) in [5.74, 6) is -2.36. The van der Waals surface area contributed by atoms with E-state index in [1.807, 2.05) is 19.1 Å². The van der Waals surface area contributed by atoms with Gasteiger partial charge in [0.1, 0.15) is 11.0 Å². The first-order chi connectivity index (χ1) is 20.5. The molecule has 2 aliphatic rings. The average molecular weight is 626 g/mol. The van der Waals surface area contributed by atoms with Crippen LogP contribution in [0.1, 0.15) is 27.5 Å². The number of thioether (sulfide) groups is 1. The van der Waals surface area contributed by atoms with Crippen LogP contribution in [-0.4, -0.2) is 34.6 Å². The monoisotopic (exact) mass is 625 g/mol. The van der Waals surface area contributed by atoms with Crippen molar-refractivity contribution >= 4 is 52.2 Å². The number of carbonyl (C=O) groups excluding carboxylic acids is 3. The highest BCUT2D eigenvalue weighted by molar-refractivity contribution is 8.00. The Morgan fingerprint density at radius 3 is 2.42 bits per heavy atom. The van der Waals surface area contributed by atoms with Crippen LogP contribution in [0.15, 0.2) is 82.6 Å². The number of rotatable bonds is 6. The Bertz CT molecular complexity index is 1780. The minimum absolute atomic E-state index is 0.0137. The van der Waals surface area contributed by atoms with Gasteiger partial charge in [0.25, 0.3) is 5.91 Å². The lowest BCUT2D eigenvalue weighted by Crippen LogP contribution is -2.32. The van der Waals surface area contributed by atoms with E-state index in [2.05, 4.69) is 10.3 Å². The van der Waals surface area contributed by atoms with Gasteiger partial charge >= 0.3 is 11.0 Å². The summed E-state index contributed by atoms with van der Waals surface area (Å²) in [6, 6.07) is 18.0. The van der Waals surface area contributed by atoms with E-state index >= 15 is 0 Å². The van der Waals surface area contributed by atoms with Crippen molar-refractivity contribution in [3.8, 4) is 5.75 Å². The molecule has 13 heteroatoms. The van der Waals surface area contributed by atoms with E-state index in [-0.39, 0.29) is 22.4 Å². The number of anilines is 2. The van der Waals surface area contributed by atoms with Crippen molar-refractivity contribution in [2.24, 2.45) is 5.92 Å². The standard InChI is InChI=1S/C30H22F3N3O5S2/c1-15-5-9-19(10-6-15)36-27(38)23-22(24-26(35-29(40)43-24)42-25(23)28(36)39)16-7-11-20(12-8-16)41-14-21(37)34-18-4-2-3-17(13-18)30(31,32)33/h2-13,22-23,25H,14H2,1H3,(H,34,37)(H,35,40)/t22-,23-,25+/m0/s1. The summed E-state index contributed by atoms with van der Waals surface area (Å²) < 4.78 is 44.4. The van der Waals surface area contributed by atoms with Crippen LogP contribution >= 0.6 is 23.1 Å². The van der Waals surface area contributed by atoms with Crippen LogP contribution in [0.25, 0.3) is 0 Å². The Kier molecular flexibility index (Phi) is 7.38. The van der Waals surface area contributed by atoms with Crippen molar-refractivity contribution in [2.75, 3.05) is 16.8 Å². The predicted octanol–water partition coefficient (Wildman–Crippen LogP) is 5.58. The number of halogens is 3. The number of nitrogens with zero attached hydrogens (tertiary/aromatic N) is 1. The van der Waals surface area contributed by atoms with Crippen LogP contribution < -0.4 is 19.8 Å². The lowest BCUT2D eigenvalue weighted by atomic mass is 9.83. The van der Waals surface area contributed by atoms with Crippen molar-refractivity contribution in [2.45, 2.75) is 29.3 Å². The van der Waals surface area contributed by atoms with E-state index < -0.39 is 41.3 Å². The third-order valence-corrected chi connectivity index (χ3v) is 9.60. The molecule has 3 aromatic carbocycles. The summed E-state index contributed by atoms with van der Waals surface area (Å²) in [5.41, 5.74) is 1.26. The van der Waals surface area contributed by atoms with Crippen molar-refractivity contribution in [1.82, 2.24) is 4.98 Å². The van der Waals surface area contributed by atoms with Crippen LogP contribution in [-0.2, 0) is 20.6 Å². The van der Waals surface area contributed by atoms with Crippen LogP contribution in [0.2, 0.25) is 0 Å². The molecule has 2 aliphatic heterocycles. The molecule has 220 valence electrons. The molecule has 8 nitrogen and oxygen atoms in total. The number of ether oxygens (including phenoxy) is 1. The second-order valence-corrected chi connectivity index (χ2v) is 12.2. The first-order valence-corrected chi connectivity index (χ1v) is 14.7. The van der Waals surface area contributed by atoms with Gasteiger partial charge in [0.15, 0.2) is 6.61 Å². The number of alkyl halides is 3. The fourth-order valence-corrected chi connectivity index (χ4v) is 7.73. The zero-order valence-corrected chi connectivity index (χ0v) is 23.9. The van der Waals surface area contributed by atoms with Crippen molar-refractivity contribution in [3.05, 3.63) is 104 Å². The minimum Gasteiger partial charge on any atom is -0.484 e. The molecule has 0 spiro atoms. The molecule has 4 aromatic rings. The van der Waals surface area contributed by atoms with E-state index in [1.54, 1.807) is 36.4 Å². The minimum atomic E-state index is -4.54. The molecule has 0 aliphatic carbocycles. The number of thiazole rings is 1. The molecule has 0 unspecified atom stereocenters. The van der Waals surface area contributed by atoms with Gasteiger partial charge < -0.3 is 15.0 Å². The van der Waals surface area contributed by atoms with E-state index in [0.29, 0.717) is 26.9 Å². The van der Waals surface area contributed by atoms with Gasteiger partial charge in [-0.25, -0.2) is 4.90 Å². The molecule has 1 aromatic heterocycles. The molecular weight excluding hydrogens is 603 g/mol. The number of hydrogen-bond donors (Lipinski definition) is 2. The number of amides is 3. The highest BCUT2D eigenvalue weighted by Gasteiger charge is 2.56. The average Bonchev–Trinajstić information content (AvgIpc) is 3.46. The fourth-order valence-electron chi connectivity index (χ4n) is 5.22. The zero-order valence-electron chi connectivity index (χ0n) is 22.3. The molecule has 43 heavy (non-hydrogen) atoms. The van der Waals surface area contributed by atoms with Crippen molar-refractivity contribution < 1.29 is 32.3 Å². The third-order valence-electron chi connectivity index (χ3n) is 7.20. The molecule has 3 atom stereocenters. The first kappa shape index (κ1) is 28.7. The van der Waals surface area contributed by atoms with Gasteiger partial charge in [-0.3, -0.25) is 19.2 Å². The number of imide groups is 1. The molecule has 1 fully saturated rings. The summed E-state index contributed by atoms with van der Waals surface area (Å²) in [4.78, 5) is 56.3. The summed E-state index contributed by atoms with van der Waals surface area (Å²) in [5, 5.41) is 2.21. The van der Waals surface area contributed by atoms with E-state index in [1.165, 1.54) is 28.8 Å². The number of aromatic amines is 1. The predicted molar refractivity (Wildman–Crippen MR) is 156 cm³/mol. The van der Waals surface area contributed by atoms with E-state index in [4.69, 9.17) is 4.74 Å². The maximum atomic E-state index is 13.8. The summed E-state index contributed by atoms with van der Waals surface area (Å²) in [6.45, 7) is 1.45. The largest absolute Gasteiger partial charge is 0.484 e. The molecule has 3 heterocycles. The maximum Gasteiger partial charge on any atom is 0.416 e. The van der Waals surface area contributed by atoms with Gasteiger partial charge in [-0.2, -0.15) is 13.2 Å². The normalized spacial score (nSPS) is 19.6. The van der Waals surface area contributed by atoms with Gasteiger partial charge in [0.05, 0.1) is 22.2 Å². The number of hydrogen-bond acceptors (Lipinski definition) is 7. The molecule has 0 bridgehead atoms. The number of nitrogens with one attached hydrogen (secondary N) is 2. The zero-order chi connectivity index (χ0) is 30.5. The summed E-state index contributed by atoms with van der Waals surface area (Å²) >= 11 is 2.19. The number of fused-ring (bicyclic) bond motifs is 2. The first-order valence-electron chi connectivity index (χ1n) is 13.0. The maximum absolute atomic E-state index is 13.8. The Hall–Kier alpha value is -4.36. The van der Waals surface area contributed by atoms with Gasteiger partial charge in [-0.15, -0.1) is 0 Å². The van der Waals surface area contributed by atoms with E-state index in [9.17, 15) is 32.3 Å². The lowest BCUT2D eigenvalue weighted by Gasteiger charge is -2.29. The van der Waals surface area contributed by atoms with Crippen LogP contribution in [0.3, 0.4) is 0 Å². The van der Waals surface area contributed by atoms with Crippen LogP contribution in [0, 0.1) is 12.8 Å². The Balaban J connectivity index is 1.21. The molecule has 0 saturated carbocycles. The molecule has 6 rings (SSSR count). The van der Waals surface area contributed by atoms with Crippen LogP contribution in [0.4, 0.5) is 24.5 Å². The summed E-state index contributed by atoms with van der Waals surface area (Å²) in [6.07, 6.45) is -4.54. The van der Waals surface area contributed by atoms with Crippen molar-refractivity contribution in [1.29, 1.82) is 0 Å². The molecule has 2 N–H and O–H groups in total. The van der Waals surface area contributed by atoms with Crippen molar-refractivity contribution in [3.63, 3.8) is 0 Å². The Labute approximate surface area is 250 Å². The number of benzene rings is 3. The highest BCUT2D eigenvalue weighted by Crippen LogP contribution is 2.53. The third kappa shape index (κ3) is 5.57.